The van der Waals surface area contributed by atoms with Gasteiger partial charge in [0, 0.05) is 25.4 Å². The summed E-state index contributed by atoms with van der Waals surface area (Å²) in [7, 11) is 0. The molecule has 2 N–H and O–H groups in total. The molecule has 2 rings (SSSR count). The number of aromatic nitrogens is 1. The third-order valence-corrected chi connectivity index (χ3v) is 3.75. The molecule has 1 fully saturated rings. The predicted molar refractivity (Wildman–Crippen MR) is 80.3 cm³/mol. The van der Waals surface area contributed by atoms with Gasteiger partial charge in [-0.2, -0.15) is 0 Å². The number of pyridine rings is 1. The van der Waals surface area contributed by atoms with Gasteiger partial charge in [0.2, 0.25) is 0 Å². The van der Waals surface area contributed by atoms with Gasteiger partial charge < -0.3 is 15.2 Å². The summed E-state index contributed by atoms with van der Waals surface area (Å²) in [6, 6.07) is 3.43. The fourth-order valence-electron chi connectivity index (χ4n) is 2.74. The Bertz CT molecular complexity index is 470. The Morgan fingerprint density at radius 3 is 3.00 bits per heavy atom. The van der Waals surface area contributed by atoms with Crippen LogP contribution in [0.5, 0.6) is 0 Å². The van der Waals surface area contributed by atoms with E-state index in [1.54, 1.807) is 12.3 Å². The molecule has 21 heavy (non-hydrogen) atoms. The zero-order valence-corrected chi connectivity index (χ0v) is 12.7. The van der Waals surface area contributed by atoms with Crippen molar-refractivity contribution in [3.8, 4) is 0 Å². The minimum Gasteiger partial charge on any atom is -0.478 e. The third-order valence-electron chi connectivity index (χ3n) is 3.75. The van der Waals surface area contributed by atoms with Gasteiger partial charge in [-0.3, -0.25) is 4.98 Å². The Kier molecular flexibility index (Phi) is 5.70. The lowest BCUT2D eigenvalue weighted by molar-refractivity contribution is 0.0692. The summed E-state index contributed by atoms with van der Waals surface area (Å²) in [5.74, 6) is -0.332. The molecule has 0 amide bonds. The van der Waals surface area contributed by atoms with E-state index in [4.69, 9.17) is 9.84 Å². The Morgan fingerprint density at radius 2 is 2.38 bits per heavy atom. The van der Waals surface area contributed by atoms with Crippen LogP contribution in [0.2, 0.25) is 0 Å². The second-order valence-corrected chi connectivity index (χ2v) is 6.01. The van der Waals surface area contributed by atoms with Crippen molar-refractivity contribution in [1.82, 2.24) is 10.3 Å². The molecule has 1 aliphatic rings. The van der Waals surface area contributed by atoms with Crippen LogP contribution in [0.3, 0.4) is 0 Å². The second kappa shape index (κ2) is 7.52. The zero-order chi connectivity index (χ0) is 15.2. The number of aromatic carboxylic acids is 1. The number of hydrogen-bond acceptors (Lipinski definition) is 4. The molecule has 1 unspecified atom stereocenters. The summed E-state index contributed by atoms with van der Waals surface area (Å²) in [4.78, 5) is 15.2. The molecular weight excluding hydrogens is 268 g/mol. The smallest absolute Gasteiger partial charge is 0.335 e. The average Bonchev–Trinajstić information content (AvgIpc) is 2.97. The maximum atomic E-state index is 11.0. The van der Waals surface area contributed by atoms with Crippen molar-refractivity contribution >= 4 is 5.97 Å². The maximum absolute atomic E-state index is 11.0. The molecule has 2 heterocycles. The van der Waals surface area contributed by atoms with Crippen molar-refractivity contribution in [2.45, 2.75) is 51.8 Å². The lowest BCUT2D eigenvalue weighted by atomic mass is 9.97. The predicted octanol–water partition coefficient (Wildman–Crippen LogP) is 2.46. The summed E-state index contributed by atoms with van der Waals surface area (Å²) in [5.41, 5.74) is 1.03. The van der Waals surface area contributed by atoms with Crippen molar-refractivity contribution < 1.29 is 14.6 Å². The molecule has 0 aliphatic carbocycles. The molecule has 1 aromatic rings. The number of carbonyl (C=O) groups is 1. The van der Waals surface area contributed by atoms with Gasteiger partial charge in [0.25, 0.3) is 0 Å². The largest absolute Gasteiger partial charge is 0.478 e. The minimum absolute atomic E-state index is 0.259. The molecule has 0 radical (unpaired) electrons. The van der Waals surface area contributed by atoms with Crippen LogP contribution in [-0.4, -0.2) is 34.8 Å². The number of hydrogen-bond donors (Lipinski definition) is 2. The number of carboxylic acid groups (broad SMARTS) is 1. The number of ether oxygens (including phenoxy) is 1. The molecule has 0 aromatic carbocycles. The lowest BCUT2D eigenvalue weighted by Gasteiger charge is -2.26. The van der Waals surface area contributed by atoms with E-state index in [-0.39, 0.29) is 11.7 Å². The van der Waals surface area contributed by atoms with E-state index in [9.17, 15) is 4.79 Å². The first-order valence-corrected chi connectivity index (χ1v) is 7.59. The van der Waals surface area contributed by atoms with Crippen LogP contribution in [-0.2, 0) is 11.3 Å². The van der Waals surface area contributed by atoms with Crippen LogP contribution in [0.4, 0.5) is 0 Å². The summed E-state index contributed by atoms with van der Waals surface area (Å²) >= 11 is 0. The maximum Gasteiger partial charge on any atom is 0.335 e. The highest BCUT2D eigenvalue weighted by atomic mass is 16.5. The molecular formula is C16H24N2O3. The van der Waals surface area contributed by atoms with Crippen molar-refractivity contribution in [2.24, 2.45) is 5.92 Å². The van der Waals surface area contributed by atoms with Crippen molar-refractivity contribution in [3.63, 3.8) is 0 Å². The van der Waals surface area contributed by atoms with E-state index in [0.717, 1.165) is 31.6 Å². The van der Waals surface area contributed by atoms with E-state index >= 15 is 0 Å². The van der Waals surface area contributed by atoms with Crippen LogP contribution in [0, 0.1) is 5.92 Å². The third kappa shape index (κ3) is 4.79. The number of nitrogens with zero attached hydrogens (tertiary/aromatic N) is 1. The summed E-state index contributed by atoms with van der Waals surface area (Å²) in [5, 5.41) is 12.5. The monoisotopic (exact) mass is 292 g/mol. The highest BCUT2D eigenvalue weighted by molar-refractivity contribution is 5.87. The number of rotatable bonds is 7. The molecule has 0 bridgehead atoms. The quantitative estimate of drug-likeness (QED) is 0.807. The van der Waals surface area contributed by atoms with Gasteiger partial charge >= 0.3 is 5.97 Å². The highest BCUT2D eigenvalue weighted by Gasteiger charge is 2.26. The van der Waals surface area contributed by atoms with Crippen molar-refractivity contribution in [2.75, 3.05) is 6.61 Å². The van der Waals surface area contributed by atoms with E-state index < -0.39 is 5.97 Å². The topological polar surface area (TPSA) is 71.5 Å². The fourth-order valence-corrected chi connectivity index (χ4v) is 2.74. The van der Waals surface area contributed by atoms with Gasteiger partial charge in [-0.25, -0.2) is 4.79 Å². The Labute approximate surface area is 125 Å². The van der Waals surface area contributed by atoms with Gasteiger partial charge in [0.15, 0.2) is 0 Å². The number of nitrogens with one attached hydrogen (secondary N) is 1. The lowest BCUT2D eigenvalue weighted by Crippen LogP contribution is -2.40. The van der Waals surface area contributed by atoms with Crippen LogP contribution in [0.1, 0.15) is 49.2 Å². The molecule has 0 spiro atoms. The first-order chi connectivity index (χ1) is 10.1. The molecule has 0 saturated carbocycles. The Morgan fingerprint density at radius 1 is 1.57 bits per heavy atom. The van der Waals surface area contributed by atoms with Crippen LogP contribution in [0.15, 0.2) is 18.3 Å². The normalized spacial score (nSPS) is 19.9. The van der Waals surface area contributed by atoms with E-state index in [1.807, 2.05) is 0 Å². The first-order valence-electron chi connectivity index (χ1n) is 7.59. The molecule has 116 valence electrons. The SMILES string of the molecule is CC(C)C[C@H](NCc1cc(C(=O)O)ccn1)C1CCCO1. The number of carboxylic acids is 1. The van der Waals surface area contributed by atoms with Gasteiger partial charge in [-0.15, -0.1) is 0 Å². The van der Waals surface area contributed by atoms with Gasteiger partial charge in [0.1, 0.15) is 0 Å². The molecule has 1 saturated heterocycles. The molecule has 5 heteroatoms. The Hall–Kier alpha value is -1.46. The van der Waals surface area contributed by atoms with E-state index in [2.05, 4.69) is 24.1 Å². The summed E-state index contributed by atoms with van der Waals surface area (Å²) in [6.45, 7) is 5.81. The summed E-state index contributed by atoms with van der Waals surface area (Å²) in [6.07, 6.45) is 5.06. The Balaban J connectivity index is 1.97. The standard InChI is InChI=1S/C16H24N2O3/c1-11(2)8-14(15-4-3-7-21-15)18-10-13-9-12(16(19)20)5-6-17-13/h5-6,9,11,14-15,18H,3-4,7-8,10H2,1-2H3,(H,19,20)/t14-,15?/m0/s1. The first kappa shape index (κ1) is 15.9. The van der Waals surface area contributed by atoms with E-state index in [0.29, 0.717) is 18.5 Å². The minimum atomic E-state index is -0.920. The fraction of sp³-hybridized carbons (Fsp3) is 0.625. The molecule has 1 aliphatic heterocycles. The average molecular weight is 292 g/mol. The second-order valence-electron chi connectivity index (χ2n) is 6.01. The van der Waals surface area contributed by atoms with Gasteiger partial charge in [-0.05, 0) is 37.3 Å². The highest BCUT2D eigenvalue weighted by Crippen LogP contribution is 2.20. The zero-order valence-electron chi connectivity index (χ0n) is 12.7. The molecule has 5 nitrogen and oxygen atoms in total. The van der Waals surface area contributed by atoms with Crippen LogP contribution in [0.25, 0.3) is 0 Å². The van der Waals surface area contributed by atoms with Crippen molar-refractivity contribution in [3.05, 3.63) is 29.6 Å². The van der Waals surface area contributed by atoms with Crippen LogP contribution < -0.4 is 5.32 Å². The molecule has 2 atom stereocenters. The summed E-state index contributed by atoms with van der Waals surface area (Å²) < 4.78 is 5.79. The van der Waals surface area contributed by atoms with Gasteiger partial charge in [-0.1, -0.05) is 13.8 Å². The van der Waals surface area contributed by atoms with E-state index in [1.165, 1.54) is 6.07 Å². The van der Waals surface area contributed by atoms with Gasteiger partial charge in [0.05, 0.1) is 17.4 Å². The molecule has 1 aromatic heterocycles. The van der Waals surface area contributed by atoms with Crippen LogP contribution >= 0.6 is 0 Å². The van der Waals surface area contributed by atoms with Crippen molar-refractivity contribution in [1.29, 1.82) is 0 Å².